The fourth-order valence-electron chi connectivity index (χ4n) is 1.99. The predicted molar refractivity (Wildman–Crippen MR) is 80.8 cm³/mol. The maximum Gasteiger partial charge on any atom is 0.0336 e. The SMILES string of the molecule is C=CC=CCCCCCCCCC(Cl)CCC. The molecule has 1 atom stereocenters. The van der Waals surface area contributed by atoms with E-state index in [2.05, 4.69) is 19.6 Å². The van der Waals surface area contributed by atoms with E-state index in [1.54, 1.807) is 0 Å². The van der Waals surface area contributed by atoms with E-state index in [-0.39, 0.29) is 0 Å². The number of alkyl halides is 1. The highest BCUT2D eigenvalue weighted by Crippen LogP contribution is 2.15. The van der Waals surface area contributed by atoms with E-state index in [9.17, 15) is 0 Å². The van der Waals surface area contributed by atoms with Crippen LogP contribution in [0.25, 0.3) is 0 Å². The standard InChI is InChI=1S/C16H29Cl/c1-3-5-6-7-8-9-10-11-12-13-15-16(17)14-4-2/h3,5-6,16H,1,4,7-15H2,2H3. The molecule has 100 valence electrons. The number of hydrogen-bond acceptors (Lipinski definition) is 0. The third kappa shape index (κ3) is 13.7. The van der Waals surface area contributed by atoms with Gasteiger partial charge >= 0.3 is 0 Å². The Kier molecular flexibility index (Phi) is 13.6. The van der Waals surface area contributed by atoms with Gasteiger partial charge < -0.3 is 0 Å². The molecule has 0 aromatic carbocycles. The maximum absolute atomic E-state index is 6.18. The Morgan fingerprint density at radius 1 is 1.00 bits per heavy atom. The summed E-state index contributed by atoms with van der Waals surface area (Å²) in [7, 11) is 0. The fourth-order valence-corrected chi connectivity index (χ4v) is 2.36. The Hall–Kier alpha value is -0.230. The summed E-state index contributed by atoms with van der Waals surface area (Å²) >= 11 is 6.18. The van der Waals surface area contributed by atoms with Crippen LogP contribution in [0.3, 0.4) is 0 Å². The van der Waals surface area contributed by atoms with Crippen LogP contribution in [0.15, 0.2) is 24.8 Å². The largest absolute Gasteiger partial charge is 0.123 e. The van der Waals surface area contributed by atoms with Crippen molar-refractivity contribution in [3.05, 3.63) is 24.8 Å². The van der Waals surface area contributed by atoms with Crippen molar-refractivity contribution in [1.82, 2.24) is 0 Å². The second kappa shape index (κ2) is 13.8. The zero-order valence-corrected chi connectivity index (χ0v) is 12.2. The molecule has 0 spiro atoms. The summed E-state index contributed by atoms with van der Waals surface area (Å²) in [6.07, 6.45) is 19.0. The Morgan fingerprint density at radius 2 is 1.65 bits per heavy atom. The molecule has 0 radical (unpaired) electrons. The molecule has 0 amide bonds. The molecule has 0 N–H and O–H groups in total. The summed E-state index contributed by atoms with van der Waals surface area (Å²) in [4.78, 5) is 0. The average molecular weight is 257 g/mol. The van der Waals surface area contributed by atoms with Gasteiger partial charge in [-0.15, -0.1) is 11.6 Å². The molecule has 0 aliphatic rings. The minimum Gasteiger partial charge on any atom is -0.123 e. The predicted octanol–water partition coefficient (Wildman–Crippen LogP) is 6.26. The molecule has 0 heterocycles. The summed E-state index contributed by atoms with van der Waals surface area (Å²) in [5, 5.41) is 0.420. The van der Waals surface area contributed by atoms with Gasteiger partial charge in [0, 0.05) is 5.38 Å². The van der Waals surface area contributed by atoms with Gasteiger partial charge in [0.05, 0.1) is 0 Å². The molecule has 0 aliphatic carbocycles. The maximum atomic E-state index is 6.18. The Balaban J connectivity index is 3.08. The van der Waals surface area contributed by atoms with Gasteiger partial charge in [-0.2, -0.15) is 0 Å². The van der Waals surface area contributed by atoms with E-state index in [0.717, 1.165) is 0 Å². The topological polar surface area (TPSA) is 0 Å². The monoisotopic (exact) mass is 256 g/mol. The Morgan fingerprint density at radius 3 is 2.29 bits per heavy atom. The van der Waals surface area contributed by atoms with Gasteiger partial charge in [-0.3, -0.25) is 0 Å². The van der Waals surface area contributed by atoms with Gasteiger partial charge in [-0.25, -0.2) is 0 Å². The molecular weight excluding hydrogens is 228 g/mol. The lowest BCUT2D eigenvalue weighted by atomic mass is 10.1. The van der Waals surface area contributed by atoms with Crippen molar-refractivity contribution in [1.29, 1.82) is 0 Å². The average Bonchev–Trinajstić information content (AvgIpc) is 2.32. The van der Waals surface area contributed by atoms with Crippen molar-refractivity contribution < 1.29 is 0 Å². The lowest BCUT2D eigenvalue weighted by molar-refractivity contribution is 0.561. The van der Waals surface area contributed by atoms with Crippen LogP contribution in [-0.4, -0.2) is 5.38 Å². The van der Waals surface area contributed by atoms with Crippen LogP contribution in [0, 0.1) is 0 Å². The molecule has 0 fully saturated rings. The van der Waals surface area contributed by atoms with Gasteiger partial charge in [0.1, 0.15) is 0 Å². The van der Waals surface area contributed by atoms with Crippen molar-refractivity contribution in [2.75, 3.05) is 0 Å². The van der Waals surface area contributed by atoms with Crippen molar-refractivity contribution in [3.63, 3.8) is 0 Å². The van der Waals surface area contributed by atoms with Crippen LogP contribution in [0.1, 0.15) is 71.1 Å². The number of hydrogen-bond donors (Lipinski definition) is 0. The highest BCUT2D eigenvalue weighted by atomic mass is 35.5. The van der Waals surface area contributed by atoms with Gasteiger partial charge in [-0.1, -0.05) is 70.3 Å². The smallest absolute Gasteiger partial charge is 0.0336 e. The highest BCUT2D eigenvalue weighted by Gasteiger charge is 2.01. The number of halogens is 1. The number of allylic oxidation sites excluding steroid dienone is 3. The molecule has 1 unspecified atom stereocenters. The molecule has 0 bridgehead atoms. The summed E-state index contributed by atoms with van der Waals surface area (Å²) in [6.45, 7) is 5.86. The van der Waals surface area contributed by atoms with Gasteiger partial charge in [-0.05, 0) is 25.7 Å². The molecule has 0 nitrogen and oxygen atoms in total. The van der Waals surface area contributed by atoms with Gasteiger partial charge in [0.2, 0.25) is 0 Å². The van der Waals surface area contributed by atoms with E-state index < -0.39 is 0 Å². The van der Waals surface area contributed by atoms with Crippen LogP contribution < -0.4 is 0 Å². The van der Waals surface area contributed by atoms with Gasteiger partial charge in [0.25, 0.3) is 0 Å². The molecule has 0 saturated heterocycles. The zero-order valence-electron chi connectivity index (χ0n) is 11.5. The minimum atomic E-state index is 0.420. The van der Waals surface area contributed by atoms with E-state index >= 15 is 0 Å². The van der Waals surface area contributed by atoms with E-state index in [0.29, 0.717) is 5.38 Å². The first-order valence-corrected chi connectivity index (χ1v) is 7.66. The van der Waals surface area contributed by atoms with Crippen LogP contribution in [0.4, 0.5) is 0 Å². The third-order valence-electron chi connectivity index (χ3n) is 3.01. The second-order valence-corrected chi connectivity index (χ2v) is 5.37. The summed E-state index contributed by atoms with van der Waals surface area (Å²) in [5.74, 6) is 0. The molecule has 0 aliphatic heterocycles. The Bertz CT molecular complexity index is 184. The van der Waals surface area contributed by atoms with Crippen molar-refractivity contribution >= 4 is 11.6 Å². The molecule has 0 aromatic rings. The van der Waals surface area contributed by atoms with E-state index in [4.69, 9.17) is 11.6 Å². The first-order valence-electron chi connectivity index (χ1n) is 7.22. The zero-order chi connectivity index (χ0) is 12.8. The quantitative estimate of drug-likeness (QED) is 0.220. The van der Waals surface area contributed by atoms with Crippen molar-refractivity contribution in [3.8, 4) is 0 Å². The van der Waals surface area contributed by atoms with Gasteiger partial charge in [0.15, 0.2) is 0 Å². The lowest BCUT2D eigenvalue weighted by Crippen LogP contribution is -1.97. The van der Waals surface area contributed by atoms with Crippen LogP contribution in [-0.2, 0) is 0 Å². The normalized spacial score (nSPS) is 13.1. The second-order valence-electron chi connectivity index (χ2n) is 4.75. The lowest BCUT2D eigenvalue weighted by Gasteiger charge is -2.07. The first-order chi connectivity index (χ1) is 8.31. The number of rotatable bonds is 12. The fraction of sp³-hybridized carbons (Fsp3) is 0.750. The summed E-state index contributed by atoms with van der Waals surface area (Å²) < 4.78 is 0. The molecular formula is C16H29Cl. The summed E-state index contributed by atoms with van der Waals surface area (Å²) in [6, 6.07) is 0. The molecule has 0 saturated carbocycles. The van der Waals surface area contributed by atoms with Crippen LogP contribution >= 0.6 is 11.6 Å². The van der Waals surface area contributed by atoms with Crippen LogP contribution in [0.5, 0.6) is 0 Å². The molecule has 0 rings (SSSR count). The van der Waals surface area contributed by atoms with Crippen molar-refractivity contribution in [2.24, 2.45) is 0 Å². The Labute approximate surface area is 113 Å². The third-order valence-corrected chi connectivity index (χ3v) is 3.45. The number of unbranched alkanes of at least 4 members (excludes halogenated alkanes) is 6. The van der Waals surface area contributed by atoms with E-state index in [1.807, 2.05) is 12.2 Å². The summed E-state index contributed by atoms with van der Waals surface area (Å²) in [5.41, 5.74) is 0. The minimum absolute atomic E-state index is 0.420. The van der Waals surface area contributed by atoms with Crippen LogP contribution in [0.2, 0.25) is 0 Å². The molecule has 1 heteroatoms. The molecule has 0 aromatic heterocycles. The molecule has 17 heavy (non-hydrogen) atoms. The van der Waals surface area contributed by atoms with Crippen molar-refractivity contribution in [2.45, 2.75) is 76.5 Å². The first kappa shape index (κ1) is 16.8. The van der Waals surface area contributed by atoms with E-state index in [1.165, 1.54) is 64.2 Å². The highest BCUT2D eigenvalue weighted by molar-refractivity contribution is 6.20.